The lowest BCUT2D eigenvalue weighted by molar-refractivity contribution is -0.117. The topological polar surface area (TPSA) is 69.9 Å². The number of amides is 1. The summed E-state index contributed by atoms with van der Waals surface area (Å²) in [5, 5.41) is 6.61. The van der Waals surface area contributed by atoms with Gasteiger partial charge in [0, 0.05) is 44.4 Å². The van der Waals surface area contributed by atoms with Crippen molar-refractivity contribution in [1.29, 1.82) is 0 Å². The van der Waals surface area contributed by atoms with E-state index in [9.17, 15) is 4.79 Å². The number of anilines is 1. The molecule has 0 aliphatic carbocycles. The molecule has 6 nitrogen and oxygen atoms in total. The molecule has 1 saturated heterocycles. The summed E-state index contributed by atoms with van der Waals surface area (Å²) in [7, 11) is 1.75. The molecule has 1 fully saturated rings. The number of aliphatic imine (C=N–C) groups is 1. The van der Waals surface area contributed by atoms with Gasteiger partial charge in [-0.2, -0.15) is 0 Å². The minimum Gasteiger partial charge on any atom is -0.466 e. The van der Waals surface area contributed by atoms with Crippen LogP contribution in [0.2, 0.25) is 0 Å². The Morgan fingerprint density at radius 3 is 2.50 bits per heavy atom. The average molecular weight is 354 g/mol. The van der Waals surface area contributed by atoms with Crippen LogP contribution in [0.15, 0.2) is 39.7 Å². The van der Waals surface area contributed by atoms with Gasteiger partial charge in [0.05, 0.1) is 0 Å². The molecule has 0 bridgehead atoms. The van der Waals surface area contributed by atoms with Crippen LogP contribution in [0, 0.1) is 13.8 Å². The maximum atomic E-state index is 11.8. The number of carbonyl (C=O) groups excluding carboxylic acids is 1. The molecule has 2 heterocycles. The van der Waals surface area contributed by atoms with E-state index in [1.54, 1.807) is 7.05 Å². The molecular formula is C20H26N4O2. The fraction of sp³-hybridized carbons (Fsp3) is 0.400. The molecular weight excluding hydrogens is 328 g/mol. The van der Waals surface area contributed by atoms with Crippen LogP contribution in [0.25, 0.3) is 0 Å². The van der Waals surface area contributed by atoms with Crippen LogP contribution in [-0.2, 0) is 17.9 Å². The van der Waals surface area contributed by atoms with E-state index in [0.717, 1.165) is 47.3 Å². The Kier molecular flexibility index (Phi) is 5.61. The fourth-order valence-electron chi connectivity index (χ4n) is 3.16. The van der Waals surface area contributed by atoms with Crippen molar-refractivity contribution in [3.05, 3.63) is 53.0 Å². The molecule has 2 N–H and O–H groups in total. The number of benzene rings is 1. The summed E-state index contributed by atoms with van der Waals surface area (Å²) in [5.41, 5.74) is 3.24. The fourth-order valence-corrected chi connectivity index (χ4v) is 3.16. The molecule has 0 radical (unpaired) electrons. The molecule has 0 atom stereocenters. The Hall–Kier alpha value is -2.76. The first-order valence-corrected chi connectivity index (χ1v) is 8.96. The van der Waals surface area contributed by atoms with Crippen LogP contribution in [0.5, 0.6) is 0 Å². The van der Waals surface area contributed by atoms with E-state index in [1.807, 2.05) is 49.1 Å². The quantitative estimate of drug-likeness (QED) is 0.640. The zero-order chi connectivity index (χ0) is 18.5. The Labute approximate surface area is 154 Å². The van der Waals surface area contributed by atoms with Gasteiger partial charge in [-0.05, 0) is 44.0 Å². The maximum Gasteiger partial charge on any atom is 0.227 e. The zero-order valence-electron chi connectivity index (χ0n) is 15.6. The number of aryl methyl sites for hydroxylation is 2. The van der Waals surface area contributed by atoms with Gasteiger partial charge in [0.25, 0.3) is 0 Å². The summed E-state index contributed by atoms with van der Waals surface area (Å²) >= 11 is 0. The van der Waals surface area contributed by atoms with Gasteiger partial charge >= 0.3 is 0 Å². The molecule has 1 aliphatic rings. The number of furan rings is 1. The monoisotopic (exact) mass is 354 g/mol. The summed E-state index contributed by atoms with van der Waals surface area (Å²) in [5.74, 6) is 2.80. The highest BCUT2D eigenvalue weighted by Crippen LogP contribution is 2.21. The van der Waals surface area contributed by atoms with E-state index in [0.29, 0.717) is 19.5 Å². The second-order valence-electron chi connectivity index (χ2n) is 6.53. The minimum atomic E-state index is 0.213. The van der Waals surface area contributed by atoms with Crippen LogP contribution in [0.1, 0.15) is 35.5 Å². The lowest BCUT2D eigenvalue weighted by Gasteiger charge is -2.16. The number of hydrogen-bond donors (Lipinski definition) is 2. The van der Waals surface area contributed by atoms with Gasteiger partial charge in [-0.15, -0.1) is 0 Å². The van der Waals surface area contributed by atoms with Gasteiger partial charge in [-0.3, -0.25) is 9.79 Å². The Balaban J connectivity index is 1.52. The first kappa shape index (κ1) is 18.0. The molecule has 6 heteroatoms. The largest absolute Gasteiger partial charge is 0.466 e. The van der Waals surface area contributed by atoms with Gasteiger partial charge in [-0.25, -0.2) is 0 Å². The number of guanidine groups is 1. The molecule has 2 aromatic rings. The zero-order valence-corrected chi connectivity index (χ0v) is 15.6. The molecule has 1 aromatic heterocycles. The third kappa shape index (κ3) is 4.25. The maximum absolute atomic E-state index is 11.8. The molecule has 26 heavy (non-hydrogen) atoms. The van der Waals surface area contributed by atoms with Crippen LogP contribution >= 0.6 is 0 Å². The van der Waals surface area contributed by atoms with E-state index >= 15 is 0 Å². The molecule has 0 spiro atoms. The number of hydrogen-bond acceptors (Lipinski definition) is 3. The van der Waals surface area contributed by atoms with Crippen molar-refractivity contribution in [3.8, 4) is 0 Å². The lowest BCUT2D eigenvalue weighted by Crippen LogP contribution is -2.36. The minimum absolute atomic E-state index is 0.213. The number of carbonyl (C=O) groups is 1. The SMILES string of the molecule is CN=C(NCc1ccc(N2CCCC2=O)cc1)NCc1cc(C)oc1C. The number of nitrogens with zero attached hydrogens (tertiary/aromatic N) is 2. The lowest BCUT2D eigenvalue weighted by atomic mass is 10.2. The summed E-state index contributed by atoms with van der Waals surface area (Å²) in [6.45, 7) is 6.06. The van der Waals surface area contributed by atoms with Crippen LogP contribution in [0.3, 0.4) is 0 Å². The van der Waals surface area contributed by atoms with E-state index in [2.05, 4.69) is 15.6 Å². The molecule has 1 amide bonds. The first-order valence-electron chi connectivity index (χ1n) is 8.96. The molecule has 1 aromatic carbocycles. The average Bonchev–Trinajstić information content (AvgIpc) is 3.20. The highest BCUT2D eigenvalue weighted by molar-refractivity contribution is 5.95. The molecule has 0 saturated carbocycles. The standard InChI is InChI=1S/C20H26N4O2/c1-14-11-17(15(2)26-14)13-23-20(21-3)22-12-16-6-8-18(9-7-16)24-10-4-5-19(24)25/h6-9,11H,4-5,10,12-13H2,1-3H3,(H2,21,22,23). The third-order valence-corrected chi connectivity index (χ3v) is 4.60. The second kappa shape index (κ2) is 8.08. The molecule has 3 rings (SSSR count). The van der Waals surface area contributed by atoms with Crippen molar-refractivity contribution >= 4 is 17.6 Å². The van der Waals surface area contributed by atoms with E-state index in [-0.39, 0.29) is 5.91 Å². The summed E-state index contributed by atoms with van der Waals surface area (Å²) in [6, 6.07) is 10.1. The van der Waals surface area contributed by atoms with Crippen LogP contribution in [0.4, 0.5) is 5.69 Å². The van der Waals surface area contributed by atoms with Crippen LogP contribution < -0.4 is 15.5 Å². The smallest absolute Gasteiger partial charge is 0.227 e. The normalized spacial score (nSPS) is 14.8. The molecule has 1 aliphatic heterocycles. The third-order valence-electron chi connectivity index (χ3n) is 4.60. The van der Waals surface area contributed by atoms with Gasteiger partial charge in [0.1, 0.15) is 11.5 Å². The van der Waals surface area contributed by atoms with Crippen molar-refractivity contribution < 1.29 is 9.21 Å². The van der Waals surface area contributed by atoms with E-state index in [4.69, 9.17) is 4.42 Å². The van der Waals surface area contributed by atoms with Gasteiger partial charge in [0.15, 0.2) is 5.96 Å². The van der Waals surface area contributed by atoms with Gasteiger partial charge in [-0.1, -0.05) is 12.1 Å². The first-order chi connectivity index (χ1) is 12.6. The van der Waals surface area contributed by atoms with Crippen LogP contribution in [-0.4, -0.2) is 25.5 Å². The van der Waals surface area contributed by atoms with E-state index < -0.39 is 0 Å². The Morgan fingerprint density at radius 2 is 1.92 bits per heavy atom. The highest BCUT2D eigenvalue weighted by atomic mass is 16.3. The highest BCUT2D eigenvalue weighted by Gasteiger charge is 2.21. The molecule has 0 unspecified atom stereocenters. The van der Waals surface area contributed by atoms with Gasteiger partial charge in [0.2, 0.25) is 5.91 Å². The number of rotatable bonds is 5. The predicted octanol–water partition coefficient (Wildman–Crippen LogP) is 2.89. The van der Waals surface area contributed by atoms with Crippen molar-refractivity contribution in [1.82, 2.24) is 10.6 Å². The number of nitrogens with one attached hydrogen (secondary N) is 2. The van der Waals surface area contributed by atoms with Crippen molar-refractivity contribution in [2.75, 3.05) is 18.5 Å². The van der Waals surface area contributed by atoms with E-state index in [1.165, 1.54) is 0 Å². The summed E-state index contributed by atoms with van der Waals surface area (Å²) in [4.78, 5) is 17.9. The predicted molar refractivity (Wildman–Crippen MR) is 103 cm³/mol. The Bertz CT molecular complexity index is 793. The second-order valence-corrected chi connectivity index (χ2v) is 6.53. The summed E-state index contributed by atoms with van der Waals surface area (Å²) in [6.07, 6.45) is 1.60. The van der Waals surface area contributed by atoms with Crippen molar-refractivity contribution in [2.45, 2.75) is 39.8 Å². The van der Waals surface area contributed by atoms with Crippen molar-refractivity contribution in [2.24, 2.45) is 4.99 Å². The summed E-state index contributed by atoms with van der Waals surface area (Å²) < 4.78 is 5.54. The Morgan fingerprint density at radius 1 is 1.19 bits per heavy atom. The molecule has 138 valence electrons. The van der Waals surface area contributed by atoms with Crippen molar-refractivity contribution in [3.63, 3.8) is 0 Å². The van der Waals surface area contributed by atoms with Gasteiger partial charge < -0.3 is 20.0 Å².